The number of carbonyl (C=O) groups excluding carboxylic acids is 1. The summed E-state index contributed by atoms with van der Waals surface area (Å²) in [4.78, 5) is 15.8. The number of aromatic nitrogens is 3. The molecule has 0 saturated carbocycles. The van der Waals surface area contributed by atoms with Crippen molar-refractivity contribution in [3.05, 3.63) is 59.1 Å². The van der Waals surface area contributed by atoms with Gasteiger partial charge in [-0.15, -0.1) is 10.2 Å². The summed E-state index contributed by atoms with van der Waals surface area (Å²) in [5.74, 6) is 1.43. The van der Waals surface area contributed by atoms with Crippen molar-refractivity contribution >= 4 is 29.3 Å². The zero-order valence-corrected chi connectivity index (χ0v) is 20.1. The number of nitrogens with zero attached hydrogens (tertiary/aromatic N) is 4. The normalized spacial score (nSPS) is 22.4. The van der Waals surface area contributed by atoms with Gasteiger partial charge in [0.15, 0.2) is 5.82 Å². The first-order valence-electron chi connectivity index (χ1n) is 11.1. The molecule has 0 spiro atoms. The molecule has 33 heavy (non-hydrogen) atoms. The van der Waals surface area contributed by atoms with Gasteiger partial charge in [0.25, 0.3) is 0 Å². The number of ether oxygens (including phenoxy) is 1. The van der Waals surface area contributed by atoms with Crippen LogP contribution in [-0.2, 0) is 4.79 Å². The zero-order chi connectivity index (χ0) is 22.9. The molecular formula is C24H26ClN5O2S. The number of likely N-dealkylation sites (tertiary alicyclic amines) is 1. The van der Waals surface area contributed by atoms with Crippen LogP contribution in [0.15, 0.2) is 53.7 Å². The van der Waals surface area contributed by atoms with Crippen molar-refractivity contribution in [1.29, 1.82) is 0 Å². The van der Waals surface area contributed by atoms with E-state index in [4.69, 9.17) is 16.3 Å². The molecule has 1 fully saturated rings. The summed E-state index contributed by atoms with van der Waals surface area (Å²) >= 11 is 7.92. The Bertz CT molecular complexity index is 1160. The average Bonchev–Trinajstić information content (AvgIpc) is 3.26. The first-order chi connectivity index (χ1) is 16.1. The lowest BCUT2D eigenvalue weighted by Gasteiger charge is -2.39. The Morgan fingerprint density at radius 3 is 2.73 bits per heavy atom. The van der Waals surface area contributed by atoms with Gasteiger partial charge in [0.2, 0.25) is 11.1 Å². The highest BCUT2D eigenvalue weighted by molar-refractivity contribution is 8.00. The molecule has 0 radical (unpaired) electrons. The Morgan fingerprint density at radius 1 is 1.18 bits per heavy atom. The molecule has 3 unspecified atom stereocenters. The highest BCUT2D eigenvalue weighted by atomic mass is 35.5. The SMILES string of the molecule is COc1ccc(C2Nn3c(nnc3-c3ccccc3)SC2C(=O)N2CCCCC2C)cc1Cl. The molecule has 2 aliphatic rings. The van der Waals surface area contributed by atoms with Gasteiger partial charge in [0.05, 0.1) is 18.2 Å². The maximum absolute atomic E-state index is 13.8. The third kappa shape index (κ3) is 4.17. The summed E-state index contributed by atoms with van der Waals surface area (Å²) in [5.41, 5.74) is 5.39. The summed E-state index contributed by atoms with van der Waals surface area (Å²) in [6, 6.07) is 15.5. The molecule has 172 valence electrons. The molecule has 0 aliphatic carbocycles. The van der Waals surface area contributed by atoms with Crippen molar-refractivity contribution in [3.63, 3.8) is 0 Å². The molecule has 2 aromatic carbocycles. The number of piperidine rings is 1. The molecule has 3 atom stereocenters. The van der Waals surface area contributed by atoms with Crippen LogP contribution in [-0.4, -0.2) is 50.6 Å². The Morgan fingerprint density at radius 2 is 2.00 bits per heavy atom. The van der Waals surface area contributed by atoms with Gasteiger partial charge in [-0.2, -0.15) is 0 Å². The van der Waals surface area contributed by atoms with E-state index < -0.39 is 5.25 Å². The molecule has 5 rings (SSSR count). The molecule has 1 aromatic heterocycles. The minimum atomic E-state index is -0.393. The Labute approximate surface area is 202 Å². The fraction of sp³-hybridized carbons (Fsp3) is 0.375. The number of methoxy groups -OCH3 is 1. The second-order valence-corrected chi connectivity index (χ2v) is 9.94. The van der Waals surface area contributed by atoms with E-state index in [1.54, 1.807) is 7.11 Å². The number of hydrogen-bond donors (Lipinski definition) is 1. The van der Waals surface area contributed by atoms with E-state index in [0.29, 0.717) is 21.8 Å². The first-order valence-corrected chi connectivity index (χ1v) is 12.4. The van der Waals surface area contributed by atoms with Gasteiger partial charge in [0, 0.05) is 18.2 Å². The van der Waals surface area contributed by atoms with Crippen molar-refractivity contribution in [2.24, 2.45) is 0 Å². The molecule has 1 N–H and O–H groups in total. The van der Waals surface area contributed by atoms with E-state index >= 15 is 0 Å². The molecule has 7 nitrogen and oxygen atoms in total. The van der Waals surface area contributed by atoms with Crippen LogP contribution in [0.25, 0.3) is 11.4 Å². The number of halogens is 1. The van der Waals surface area contributed by atoms with Crippen molar-refractivity contribution in [2.75, 3.05) is 19.1 Å². The predicted molar refractivity (Wildman–Crippen MR) is 130 cm³/mol. The predicted octanol–water partition coefficient (Wildman–Crippen LogP) is 4.77. The number of hydrogen-bond acceptors (Lipinski definition) is 6. The van der Waals surface area contributed by atoms with E-state index in [0.717, 1.165) is 36.9 Å². The average molecular weight is 484 g/mol. The summed E-state index contributed by atoms with van der Waals surface area (Å²) in [5, 5.41) is 9.61. The van der Waals surface area contributed by atoms with E-state index in [-0.39, 0.29) is 18.0 Å². The summed E-state index contributed by atoms with van der Waals surface area (Å²) in [7, 11) is 1.59. The van der Waals surface area contributed by atoms with Crippen LogP contribution in [0.1, 0.15) is 37.8 Å². The summed E-state index contributed by atoms with van der Waals surface area (Å²) in [6.45, 7) is 2.92. The number of amides is 1. The van der Waals surface area contributed by atoms with Crippen molar-refractivity contribution in [3.8, 4) is 17.1 Å². The molecule has 1 amide bonds. The largest absolute Gasteiger partial charge is 0.495 e. The molecular weight excluding hydrogens is 458 g/mol. The van der Waals surface area contributed by atoms with Crippen molar-refractivity contribution in [2.45, 2.75) is 48.7 Å². The van der Waals surface area contributed by atoms with E-state index in [1.165, 1.54) is 11.8 Å². The molecule has 1 saturated heterocycles. The Balaban J connectivity index is 1.55. The van der Waals surface area contributed by atoms with Crippen LogP contribution in [0.3, 0.4) is 0 Å². The van der Waals surface area contributed by atoms with Gasteiger partial charge in [-0.3, -0.25) is 4.79 Å². The van der Waals surface area contributed by atoms with Gasteiger partial charge in [-0.25, -0.2) is 4.68 Å². The molecule has 3 aromatic rings. The van der Waals surface area contributed by atoms with Crippen LogP contribution in [0.5, 0.6) is 5.75 Å². The van der Waals surface area contributed by atoms with Crippen LogP contribution in [0.2, 0.25) is 5.02 Å². The van der Waals surface area contributed by atoms with Gasteiger partial charge >= 0.3 is 0 Å². The number of nitrogens with one attached hydrogen (secondary N) is 1. The lowest BCUT2D eigenvalue weighted by Crippen LogP contribution is -2.50. The number of rotatable bonds is 4. The van der Waals surface area contributed by atoms with Crippen molar-refractivity contribution < 1.29 is 9.53 Å². The smallest absolute Gasteiger partial charge is 0.238 e. The summed E-state index contributed by atoms with van der Waals surface area (Å²) in [6.07, 6.45) is 3.23. The van der Waals surface area contributed by atoms with E-state index in [2.05, 4.69) is 22.5 Å². The van der Waals surface area contributed by atoms with Crippen LogP contribution in [0, 0.1) is 0 Å². The van der Waals surface area contributed by atoms with Crippen LogP contribution < -0.4 is 10.2 Å². The number of benzene rings is 2. The standard InChI is InChI=1S/C24H26ClN5O2S/c1-15-8-6-7-13-29(15)23(31)21-20(17-11-12-19(32-2)18(25)14-17)28-30-22(26-27-24(30)33-21)16-9-4-3-5-10-16/h3-5,9-12,14-15,20-21,28H,6-8,13H2,1-2H3. The fourth-order valence-corrected chi connectivity index (χ4v) is 5.95. The lowest BCUT2D eigenvalue weighted by molar-refractivity contribution is -0.134. The fourth-order valence-electron chi connectivity index (χ4n) is 4.53. The molecule has 2 aliphatic heterocycles. The number of fused-ring (bicyclic) bond motifs is 1. The zero-order valence-electron chi connectivity index (χ0n) is 18.6. The third-order valence-electron chi connectivity index (χ3n) is 6.33. The second-order valence-electron chi connectivity index (χ2n) is 8.42. The highest BCUT2D eigenvalue weighted by Gasteiger charge is 2.41. The lowest BCUT2D eigenvalue weighted by atomic mass is 9.99. The first kappa shape index (κ1) is 22.1. The number of thioether (sulfide) groups is 1. The monoisotopic (exact) mass is 483 g/mol. The van der Waals surface area contributed by atoms with Crippen LogP contribution in [0.4, 0.5) is 0 Å². The number of carbonyl (C=O) groups is 1. The minimum Gasteiger partial charge on any atom is -0.495 e. The maximum atomic E-state index is 13.8. The van der Waals surface area contributed by atoms with E-state index in [9.17, 15) is 4.79 Å². The van der Waals surface area contributed by atoms with Crippen molar-refractivity contribution in [1.82, 2.24) is 19.8 Å². The van der Waals surface area contributed by atoms with Gasteiger partial charge in [0.1, 0.15) is 11.0 Å². The van der Waals surface area contributed by atoms with Gasteiger partial charge in [-0.1, -0.05) is 59.8 Å². The van der Waals surface area contributed by atoms with Gasteiger partial charge < -0.3 is 15.1 Å². The van der Waals surface area contributed by atoms with E-state index in [1.807, 2.05) is 58.1 Å². The Hall–Kier alpha value is -2.71. The third-order valence-corrected chi connectivity index (χ3v) is 7.83. The Kier molecular flexibility index (Phi) is 6.21. The molecule has 9 heteroatoms. The highest BCUT2D eigenvalue weighted by Crippen LogP contribution is 2.41. The minimum absolute atomic E-state index is 0.118. The maximum Gasteiger partial charge on any atom is 0.238 e. The molecule has 3 heterocycles. The second kappa shape index (κ2) is 9.27. The summed E-state index contributed by atoms with van der Waals surface area (Å²) < 4.78 is 7.21. The molecule has 0 bridgehead atoms. The quantitative estimate of drug-likeness (QED) is 0.576. The topological polar surface area (TPSA) is 72.3 Å². The van der Waals surface area contributed by atoms with Gasteiger partial charge in [-0.05, 0) is 43.9 Å². The van der Waals surface area contributed by atoms with Crippen LogP contribution >= 0.6 is 23.4 Å².